The Labute approximate surface area is 144 Å². The number of rotatable bonds is 5. The molecule has 1 aromatic carbocycles. The normalized spacial score (nSPS) is 18.4. The third kappa shape index (κ3) is 3.71. The Morgan fingerprint density at radius 1 is 1.08 bits per heavy atom. The quantitative estimate of drug-likeness (QED) is 0.850. The minimum absolute atomic E-state index is 0.0340. The van der Waals surface area contributed by atoms with E-state index in [9.17, 15) is 13.2 Å². The van der Waals surface area contributed by atoms with Crippen LogP contribution in [0, 0.1) is 0 Å². The molecule has 0 aliphatic carbocycles. The van der Waals surface area contributed by atoms with Crippen LogP contribution in [0.1, 0.15) is 12.8 Å². The molecule has 134 valence electrons. The van der Waals surface area contributed by atoms with Crippen molar-refractivity contribution in [1.82, 2.24) is 13.5 Å². The molecule has 0 unspecified atom stereocenters. The van der Waals surface area contributed by atoms with Crippen molar-refractivity contribution in [3.05, 3.63) is 30.3 Å². The molecule has 0 radical (unpaired) electrons. The van der Waals surface area contributed by atoms with Gasteiger partial charge in [0.2, 0.25) is 5.91 Å². The summed E-state index contributed by atoms with van der Waals surface area (Å²) in [5.74, 6) is -0.0340. The minimum Gasteiger partial charge on any atom is -0.371 e. The van der Waals surface area contributed by atoms with Crippen LogP contribution in [-0.4, -0.2) is 74.7 Å². The minimum atomic E-state index is -3.45. The number of likely N-dealkylation sites (N-methyl/N-ethyl adjacent to an activating group) is 1. The van der Waals surface area contributed by atoms with E-state index >= 15 is 0 Å². The van der Waals surface area contributed by atoms with E-state index in [0.717, 1.165) is 5.69 Å². The predicted molar refractivity (Wildman–Crippen MR) is 94.9 cm³/mol. The molecule has 1 heterocycles. The molecular weight excluding hydrogens is 328 g/mol. The summed E-state index contributed by atoms with van der Waals surface area (Å²) in [7, 11) is 3.03. The van der Waals surface area contributed by atoms with Gasteiger partial charge in [-0.3, -0.25) is 4.79 Å². The van der Waals surface area contributed by atoms with Gasteiger partial charge in [-0.15, -0.1) is 0 Å². The molecule has 2 rings (SSSR count). The van der Waals surface area contributed by atoms with Crippen molar-refractivity contribution in [2.75, 3.05) is 46.6 Å². The van der Waals surface area contributed by atoms with Crippen LogP contribution in [0.25, 0.3) is 0 Å². The Morgan fingerprint density at radius 3 is 2.08 bits per heavy atom. The Kier molecular flexibility index (Phi) is 5.52. The van der Waals surface area contributed by atoms with Gasteiger partial charge in [0, 0.05) is 47.0 Å². The van der Waals surface area contributed by atoms with Gasteiger partial charge in [0.25, 0.3) is 10.2 Å². The zero-order chi connectivity index (χ0) is 18.0. The maximum Gasteiger partial charge on any atom is 0.281 e. The lowest BCUT2D eigenvalue weighted by Crippen LogP contribution is -2.59. The highest BCUT2D eigenvalue weighted by atomic mass is 32.2. The highest BCUT2D eigenvalue weighted by molar-refractivity contribution is 7.86. The van der Waals surface area contributed by atoms with Crippen LogP contribution >= 0.6 is 0 Å². The molecule has 24 heavy (non-hydrogen) atoms. The van der Waals surface area contributed by atoms with E-state index in [1.54, 1.807) is 19.0 Å². The van der Waals surface area contributed by atoms with Gasteiger partial charge in [0.15, 0.2) is 0 Å². The van der Waals surface area contributed by atoms with Crippen LogP contribution in [0.4, 0.5) is 5.69 Å². The van der Waals surface area contributed by atoms with E-state index in [4.69, 9.17) is 0 Å². The van der Waals surface area contributed by atoms with Gasteiger partial charge in [-0.05, 0) is 25.0 Å². The zero-order valence-corrected chi connectivity index (χ0v) is 15.5. The molecule has 1 fully saturated rings. The van der Waals surface area contributed by atoms with Crippen LogP contribution < -0.4 is 5.32 Å². The van der Waals surface area contributed by atoms with Crippen molar-refractivity contribution in [2.24, 2.45) is 0 Å². The fraction of sp³-hybridized carbons (Fsp3) is 0.562. The van der Waals surface area contributed by atoms with Crippen LogP contribution in [0.3, 0.4) is 0 Å². The Morgan fingerprint density at radius 2 is 1.62 bits per heavy atom. The van der Waals surface area contributed by atoms with Crippen molar-refractivity contribution >= 4 is 21.8 Å². The number of para-hydroxylation sites is 1. The first-order valence-corrected chi connectivity index (χ1v) is 9.31. The van der Waals surface area contributed by atoms with Gasteiger partial charge < -0.3 is 10.2 Å². The van der Waals surface area contributed by atoms with E-state index < -0.39 is 15.7 Å². The number of hydrogen-bond donors (Lipinski definition) is 1. The SMILES string of the molecule is CN(C)C(=O)C1(Nc2ccccc2)CCN(S(=O)(=O)N(C)C)CC1. The topological polar surface area (TPSA) is 73.0 Å². The van der Waals surface area contributed by atoms with Crippen LogP contribution in [-0.2, 0) is 15.0 Å². The lowest BCUT2D eigenvalue weighted by molar-refractivity contribution is -0.134. The average molecular weight is 354 g/mol. The number of nitrogens with zero attached hydrogens (tertiary/aromatic N) is 3. The molecule has 1 aliphatic heterocycles. The first kappa shape index (κ1) is 18.7. The Balaban J connectivity index is 2.23. The smallest absolute Gasteiger partial charge is 0.281 e. The highest BCUT2D eigenvalue weighted by Gasteiger charge is 2.44. The third-order valence-corrected chi connectivity index (χ3v) is 6.28. The van der Waals surface area contributed by atoms with Crippen LogP contribution in [0.15, 0.2) is 30.3 Å². The molecule has 1 aliphatic rings. The fourth-order valence-electron chi connectivity index (χ4n) is 2.95. The van der Waals surface area contributed by atoms with Gasteiger partial charge >= 0.3 is 0 Å². The molecule has 0 spiro atoms. The summed E-state index contributed by atoms with van der Waals surface area (Å²) in [4.78, 5) is 14.4. The van der Waals surface area contributed by atoms with Gasteiger partial charge in [0.1, 0.15) is 5.54 Å². The number of piperidine rings is 1. The molecule has 1 N–H and O–H groups in total. The summed E-state index contributed by atoms with van der Waals surface area (Å²) in [5.41, 5.74) is 0.0695. The lowest BCUT2D eigenvalue weighted by Gasteiger charge is -2.42. The lowest BCUT2D eigenvalue weighted by atomic mass is 9.86. The third-order valence-electron chi connectivity index (χ3n) is 4.34. The maximum absolute atomic E-state index is 12.8. The number of carbonyl (C=O) groups excluding carboxylic acids is 1. The van der Waals surface area contributed by atoms with Crippen molar-refractivity contribution in [1.29, 1.82) is 0 Å². The first-order valence-electron chi connectivity index (χ1n) is 7.92. The van der Waals surface area contributed by atoms with E-state index in [0.29, 0.717) is 25.9 Å². The summed E-state index contributed by atoms with van der Waals surface area (Å²) >= 11 is 0. The zero-order valence-electron chi connectivity index (χ0n) is 14.7. The van der Waals surface area contributed by atoms with Crippen molar-refractivity contribution < 1.29 is 13.2 Å². The molecule has 1 aromatic rings. The van der Waals surface area contributed by atoms with Gasteiger partial charge in [-0.25, -0.2) is 0 Å². The molecule has 0 saturated carbocycles. The second-order valence-electron chi connectivity index (χ2n) is 6.46. The highest BCUT2D eigenvalue weighted by Crippen LogP contribution is 2.30. The van der Waals surface area contributed by atoms with Crippen molar-refractivity contribution in [3.8, 4) is 0 Å². The summed E-state index contributed by atoms with van der Waals surface area (Å²) in [6, 6.07) is 9.54. The molecule has 1 amide bonds. The molecule has 1 saturated heterocycles. The Hall–Kier alpha value is -1.64. The summed E-state index contributed by atoms with van der Waals surface area (Å²) in [5, 5.41) is 3.35. The molecule has 7 nitrogen and oxygen atoms in total. The number of nitrogens with one attached hydrogen (secondary N) is 1. The van der Waals surface area contributed by atoms with E-state index in [-0.39, 0.29) is 5.91 Å². The molecule has 8 heteroatoms. The summed E-state index contributed by atoms with van der Waals surface area (Å²) in [6.45, 7) is 0.611. The number of amides is 1. The molecule has 0 atom stereocenters. The second-order valence-corrected chi connectivity index (χ2v) is 8.60. The summed E-state index contributed by atoms with van der Waals surface area (Å²) < 4.78 is 27.2. The molecular formula is C16H26N4O3S. The van der Waals surface area contributed by atoms with Crippen LogP contribution in [0.5, 0.6) is 0 Å². The molecule has 0 bridgehead atoms. The number of carbonyl (C=O) groups is 1. The van der Waals surface area contributed by atoms with Crippen molar-refractivity contribution in [2.45, 2.75) is 18.4 Å². The fourth-order valence-corrected chi connectivity index (χ4v) is 4.05. The number of hydrogen-bond acceptors (Lipinski definition) is 4. The monoisotopic (exact) mass is 354 g/mol. The van der Waals surface area contributed by atoms with Gasteiger partial charge in [-0.1, -0.05) is 18.2 Å². The van der Waals surface area contributed by atoms with E-state index in [1.807, 2.05) is 30.3 Å². The Bertz CT molecular complexity index is 666. The number of anilines is 1. The first-order chi connectivity index (χ1) is 11.2. The standard InChI is InChI=1S/C16H26N4O3S/c1-18(2)15(21)16(17-14-8-6-5-7-9-14)10-12-20(13-11-16)24(22,23)19(3)4/h5-9,17H,10-13H2,1-4H3. The van der Waals surface area contributed by atoms with Gasteiger partial charge in [-0.2, -0.15) is 17.0 Å². The summed E-state index contributed by atoms with van der Waals surface area (Å²) in [6.07, 6.45) is 0.845. The van der Waals surface area contributed by atoms with Crippen molar-refractivity contribution in [3.63, 3.8) is 0 Å². The maximum atomic E-state index is 12.8. The largest absolute Gasteiger partial charge is 0.371 e. The van der Waals surface area contributed by atoms with E-state index in [2.05, 4.69) is 5.32 Å². The second kappa shape index (κ2) is 7.08. The van der Waals surface area contributed by atoms with E-state index in [1.165, 1.54) is 22.7 Å². The van der Waals surface area contributed by atoms with Crippen LogP contribution in [0.2, 0.25) is 0 Å². The number of benzene rings is 1. The van der Waals surface area contributed by atoms with Gasteiger partial charge in [0.05, 0.1) is 0 Å². The predicted octanol–water partition coefficient (Wildman–Crippen LogP) is 0.828. The average Bonchev–Trinajstić information content (AvgIpc) is 2.55. The molecule has 0 aromatic heterocycles.